The third-order valence-corrected chi connectivity index (χ3v) is 10.3. The Kier molecular flexibility index (Phi) is 6.76. The lowest BCUT2D eigenvalue weighted by molar-refractivity contribution is -0.139. The Morgan fingerprint density at radius 3 is 2.55 bits per heavy atom. The summed E-state index contributed by atoms with van der Waals surface area (Å²) in [6.07, 6.45) is 10.9. The van der Waals surface area contributed by atoms with Crippen LogP contribution in [-0.4, -0.2) is 80.6 Å². The summed E-state index contributed by atoms with van der Waals surface area (Å²) >= 11 is 0. The summed E-state index contributed by atoms with van der Waals surface area (Å²) in [5, 5.41) is 5.49. The second-order valence-corrected chi connectivity index (χ2v) is 12.8. The van der Waals surface area contributed by atoms with Gasteiger partial charge < -0.3 is 29.3 Å². The van der Waals surface area contributed by atoms with Crippen LogP contribution in [0.5, 0.6) is 11.6 Å². The van der Waals surface area contributed by atoms with Gasteiger partial charge in [-0.15, -0.1) is 9.24 Å². The van der Waals surface area contributed by atoms with E-state index >= 15 is 0 Å². The molecule has 1 atom stereocenters. The van der Waals surface area contributed by atoms with Crippen molar-refractivity contribution < 1.29 is 14.2 Å². The number of ether oxygens (including phenoxy) is 3. The molecule has 8 nitrogen and oxygen atoms in total. The van der Waals surface area contributed by atoms with Crippen LogP contribution in [0.25, 0.3) is 22.0 Å². The lowest BCUT2D eigenvalue weighted by Crippen LogP contribution is -2.55. The molecule has 3 aliphatic heterocycles. The molecule has 5 heterocycles. The van der Waals surface area contributed by atoms with E-state index in [1.807, 2.05) is 25.5 Å². The van der Waals surface area contributed by atoms with Crippen LogP contribution < -0.4 is 25.0 Å². The minimum Gasteiger partial charge on any atom is -0.490 e. The molecule has 1 aliphatic carbocycles. The molecule has 3 aromatic rings. The summed E-state index contributed by atoms with van der Waals surface area (Å²) in [5.74, 6) is 1.56. The van der Waals surface area contributed by atoms with E-state index in [2.05, 4.69) is 48.5 Å². The Bertz CT molecular complexity index is 1400. The van der Waals surface area contributed by atoms with E-state index in [1.54, 1.807) is 0 Å². The van der Waals surface area contributed by atoms with Crippen LogP contribution in [-0.2, 0) is 4.74 Å². The Labute approximate surface area is 239 Å². The largest absolute Gasteiger partial charge is 0.490 e. The highest BCUT2D eigenvalue weighted by Crippen LogP contribution is 2.51. The number of hydrogen-bond donors (Lipinski definition) is 1. The molecule has 40 heavy (non-hydrogen) atoms. The predicted molar refractivity (Wildman–Crippen MR) is 163 cm³/mol. The van der Waals surface area contributed by atoms with E-state index < -0.39 is 0 Å². The van der Waals surface area contributed by atoms with Crippen molar-refractivity contribution in [2.24, 2.45) is 5.41 Å². The van der Waals surface area contributed by atoms with Crippen molar-refractivity contribution in [3.8, 4) is 22.8 Å². The van der Waals surface area contributed by atoms with Gasteiger partial charge in [0.15, 0.2) is 0 Å². The molecule has 9 heteroatoms. The van der Waals surface area contributed by atoms with E-state index in [-0.39, 0.29) is 5.54 Å². The zero-order valence-electron chi connectivity index (χ0n) is 23.7. The van der Waals surface area contributed by atoms with Gasteiger partial charge in [-0.1, -0.05) is 0 Å². The fourth-order valence-corrected chi connectivity index (χ4v) is 7.37. The van der Waals surface area contributed by atoms with Gasteiger partial charge in [-0.3, -0.25) is 4.98 Å². The van der Waals surface area contributed by atoms with Gasteiger partial charge in [0, 0.05) is 49.4 Å². The maximum absolute atomic E-state index is 6.71. The Hall–Kier alpha value is -2.67. The standard InChI is InChI=1S/C31H40N5O3P/c1-32-23-17-33-22-15-24(40)26(29-27(22)28(23)35(2)31(20-39-29)7-3-8-31)21-5-6-25(34-16-21)38-14-4-11-36-12-9-30(10-13-36)18-37-19-30/h5-6,15-17,32H,3-4,7-14,18-20,40H2,1-2H3. The first-order valence-corrected chi connectivity index (χ1v) is 15.3. The number of piperidine rings is 1. The molecule has 1 N–H and O–H groups in total. The van der Waals surface area contributed by atoms with Gasteiger partial charge in [0.1, 0.15) is 12.4 Å². The van der Waals surface area contributed by atoms with Crippen molar-refractivity contribution in [2.75, 3.05) is 70.4 Å². The van der Waals surface area contributed by atoms with Gasteiger partial charge in [0.2, 0.25) is 5.88 Å². The number of aromatic nitrogens is 2. The molecule has 2 aromatic heterocycles. The number of pyridine rings is 2. The van der Waals surface area contributed by atoms with Crippen molar-refractivity contribution >= 4 is 36.8 Å². The smallest absolute Gasteiger partial charge is 0.213 e. The number of anilines is 2. The zero-order chi connectivity index (χ0) is 27.3. The number of benzene rings is 1. The molecule has 0 amide bonds. The molecule has 0 bridgehead atoms. The minimum absolute atomic E-state index is 0.0222. The molecule has 2 saturated heterocycles. The number of nitrogens with zero attached hydrogens (tertiary/aromatic N) is 4. The summed E-state index contributed by atoms with van der Waals surface area (Å²) in [6, 6.07) is 6.23. The molecule has 0 radical (unpaired) electrons. The van der Waals surface area contributed by atoms with Crippen LogP contribution in [0.4, 0.5) is 11.4 Å². The summed E-state index contributed by atoms with van der Waals surface area (Å²) in [7, 11) is 7.07. The van der Waals surface area contributed by atoms with E-state index in [1.165, 1.54) is 38.0 Å². The van der Waals surface area contributed by atoms with Gasteiger partial charge in [-0.25, -0.2) is 4.98 Å². The van der Waals surface area contributed by atoms with Crippen molar-refractivity contribution in [3.63, 3.8) is 0 Å². The highest BCUT2D eigenvalue weighted by Gasteiger charge is 2.45. The first-order valence-electron chi connectivity index (χ1n) is 14.7. The van der Waals surface area contributed by atoms with Crippen molar-refractivity contribution in [3.05, 3.63) is 30.6 Å². The van der Waals surface area contributed by atoms with E-state index in [0.29, 0.717) is 24.5 Å². The van der Waals surface area contributed by atoms with Crippen LogP contribution >= 0.6 is 9.24 Å². The van der Waals surface area contributed by atoms with Crippen LogP contribution in [0.3, 0.4) is 0 Å². The molecule has 7 rings (SSSR count). The Morgan fingerprint density at radius 1 is 1.07 bits per heavy atom. The number of nitrogens with one attached hydrogen (secondary N) is 1. The van der Waals surface area contributed by atoms with Crippen molar-refractivity contribution in [1.29, 1.82) is 0 Å². The fourth-order valence-electron chi connectivity index (χ4n) is 6.91. The molecular formula is C31H40N5O3P. The lowest BCUT2D eigenvalue weighted by Gasteiger charge is -2.48. The Morgan fingerprint density at radius 2 is 1.90 bits per heavy atom. The molecular weight excluding hydrogens is 521 g/mol. The van der Waals surface area contributed by atoms with Gasteiger partial charge in [-0.2, -0.15) is 0 Å². The maximum atomic E-state index is 6.71. The molecule has 1 unspecified atom stereocenters. The first-order chi connectivity index (χ1) is 19.5. The SMILES string of the molecule is CNc1cnc2cc(P)c(-c3ccc(OCCCN4CCC5(CC4)COC5)nc3)c3c2c1N(C)C1(CCC1)CO3. The van der Waals surface area contributed by atoms with E-state index in [4.69, 9.17) is 19.2 Å². The normalized spacial score (nSPS) is 21.0. The average molecular weight is 562 g/mol. The average Bonchev–Trinajstić information content (AvgIpc) is 3.07. The molecule has 212 valence electrons. The van der Waals surface area contributed by atoms with Crippen LogP contribution in [0, 0.1) is 5.41 Å². The summed E-state index contributed by atoms with van der Waals surface area (Å²) in [6.45, 7) is 6.68. The summed E-state index contributed by atoms with van der Waals surface area (Å²) < 4.78 is 18.2. The summed E-state index contributed by atoms with van der Waals surface area (Å²) in [5.41, 5.74) is 5.72. The number of likely N-dealkylation sites (tertiary alicyclic amines) is 1. The Balaban J connectivity index is 1.09. The molecule has 4 aliphatic rings. The van der Waals surface area contributed by atoms with Crippen LogP contribution in [0.1, 0.15) is 38.5 Å². The van der Waals surface area contributed by atoms with Gasteiger partial charge >= 0.3 is 0 Å². The summed E-state index contributed by atoms with van der Waals surface area (Å²) in [4.78, 5) is 14.5. The molecule has 1 saturated carbocycles. The predicted octanol–water partition coefficient (Wildman–Crippen LogP) is 4.47. The quantitative estimate of drug-likeness (QED) is 0.335. The monoisotopic (exact) mass is 561 g/mol. The molecule has 2 spiro atoms. The highest BCUT2D eigenvalue weighted by molar-refractivity contribution is 7.28. The number of rotatable bonds is 7. The highest BCUT2D eigenvalue weighted by atomic mass is 31.0. The lowest BCUT2D eigenvalue weighted by atomic mass is 9.76. The first kappa shape index (κ1) is 26.2. The number of likely N-dealkylation sites (N-methyl/N-ethyl adjacent to an activating group) is 1. The second-order valence-electron chi connectivity index (χ2n) is 12.2. The van der Waals surface area contributed by atoms with Gasteiger partial charge in [0.05, 0.1) is 53.8 Å². The van der Waals surface area contributed by atoms with Gasteiger partial charge in [0.25, 0.3) is 0 Å². The second kappa shape index (κ2) is 10.3. The van der Waals surface area contributed by atoms with Gasteiger partial charge in [-0.05, 0) is 69.1 Å². The fraction of sp³-hybridized carbons (Fsp3) is 0.548. The topological polar surface area (TPSA) is 72.0 Å². The van der Waals surface area contributed by atoms with E-state index in [0.717, 1.165) is 77.8 Å². The number of hydrogen-bond acceptors (Lipinski definition) is 8. The minimum atomic E-state index is 0.0222. The molecule has 3 fully saturated rings. The van der Waals surface area contributed by atoms with E-state index in [9.17, 15) is 0 Å². The molecule has 1 aromatic carbocycles. The maximum Gasteiger partial charge on any atom is 0.213 e. The third-order valence-electron chi connectivity index (χ3n) is 9.83. The van der Waals surface area contributed by atoms with Crippen molar-refractivity contribution in [2.45, 2.75) is 44.1 Å². The van der Waals surface area contributed by atoms with Crippen LogP contribution in [0.15, 0.2) is 30.6 Å². The van der Waals surface area contributed by atoms with Crippen molar-refractivity contribution in [1.82, 2.24) is 14.9 Å². The third kappa shape index (κ3) is 4.40. The zero-order valence-corrected chi connectivity index (χ0v) is 24.8. The van der Waals surface area contributed by atoms with Crippen LogP contribution in [0.2, 0.25) is 0 Å².